The number of nitrogens with one attached hydrogen (secondary N) is 4. The minimum atomic E-state index is -0.175. The number of amides is 2. The highest BCUT2D eigenvalue weighted by Crippen LogP contribution is 2.27. The lowest BCUT2D eigenvalue weighted by atomic mass is 10.1. The van der Waals surface area contributed by atoms with Crippen LogP contribution in [0.1, 0.15) is 43.2 Å². The predicted octanol–water partition coefficient (Wildman–Crippen LogP) is 2.43. The van der Waals surface area contributed by atoms with Crippen LogP contribution >= 0.6 is 0 Å². The first-order valence-electron chi connectivity index (χ1n) is 13.4. The van der Waals surface area contributed by atoms with Crippen LogP contribution in [-0.2, 0) is 16.0 Å². The SMILES string of the molecule is COc1ccc(/C=C/C(=O)NCCCNCCCCNCCCNC(=O)CCc2ccc(O)c(O)c2)cc1O. The van der Waals surface area contributed by atoms with Gasteiger partial charge in [-0.3, -0.25) is 9.59 Å². The zero-order chi connectivity index (χ0) is 28.3. The molecule has 0 atom stereocenters. The molecule has 0 bridgehead atoms. The summed E-state index contributed by atoms with van der Waals surface area (Å²) < 4.78 is 5.00. The predicted molar refractivity (Wildman–Crippen MR) is 152 cm³/mol. The maximum absolute atomic E-state index is 11.9. The number of ether oxygens (including phenoxy) is 1. The first-order valence-corrected chi connectivity index (χ1v) is 13.4. The van der Waals surface area contributed by atoms with Gasteiger partial charge in [0.05, 0.1) is 7.11 Å². The number of carbonyl (C=O) groups is 2. The summed E-state index contributed by atoms with van der Waals surface area (Å²) in [5, 5.41) is 41.1. The summed E-state index contributed by atoms with van der Waals surface area (Å²) in [7, 11) is 1.48. The van der Waals surface area contributed by atoms with E-state index in [1.54, 1.807) is 30.3 Å². The molecular weight excluding hydrogens is 500 g/mol. The van der Waals surface area contributed by atoms with Gasteiger partial charge in [0, 0.05) is 25.6 Å². The maximum Gasteiger partial charge on any atom is 0.243 e. The van der Waals surface area contributed by atoms with Gasteiger partial charge in [-0.05, 0) is 99.8 Å². The molecule has 7 N–H and O–H groups in total. The molecule has 2 aromatic rings. The summed E-state index contributed by atoms with van der Waals surface area (Å²) in [5.41, 5.74) is 1.52. The molecule has 39 heavy (non-hydrogen) atoms. The van der Waals surface area contributed by atoms with Crippen LogP contribution in [0.3, 0.4) is 0 Å². The number of benzene rings is 2. The van der Waals surface area contributed by atoms with Crippen molar-refractivity contribution in [2.45, 2.75) is 38.5 Å². The second kappa shape index (κ2) is 18.5. The van der Waals surface area contributed by atoms with Crippen LogP contribution in [0.4, 0.5) is 0 Å². The molecule has 10 nitrogen and oxygen atoms in total. The van der Waals surface area contributed by atoms with Crippen LogP contribution in [0, 0.1) is 0 Å². The van der Waals surface area contributed by atoms with E-state index in [2.05, 4.69) is 21.3 Å². The third-order valence-corrected chi connectivity index (χ3v) is 5.95. The average Bonchev–Trinajstić information content (AvgIpc) is 2.92. The highest BCUT2D eigenvalue weighted by atomic mass is 16.5. The van der Waals surface area contributed by atoms with Crippen LogP contribution in [0.25, 0.3) is 6.08 Å². The third-order valence-electron chi connectivity index (χ3n) is 5.95. The van der Waals surface area contributed by atoms with E-state index in [-0.39, 0.29) is 29.1 Å². The Bertz CT molecular complexity index is 1060. The molecule has 10 heteroatoms. The van der Waals surface area contributed by atoms with Gasteiger partial charge in [-0.25, -0.2) is 0 Å². The number of carbonyl (C=O) groups excluding carboxylic acids is 2. The van der Waals surface area contributed by atoms with E-state index in [0.29, 0.717) is 37.2 Å². The molecule has 0 spiro atoms. The number of hydrogen-bond donors (Lipinski definition) is 7. The van der Waals surface area contributed by atoms with Gasteiger partial charge < -0.3 is 41.3 Å². The third kappa shape index (κ3) is 13.6. The van der Waals surface area contributed by atoms with E-state index < -0.39 is 0 Å². The molecule has 2 amide bonds. The van der Waals surface area contributed by atoms with Crippen LogP contribution in [0.15, 0.2) is 42.5 Å². The molecule has 0 saturated carbocycles. The smallest absolute Gasteiger partial charge is 0.243 e. The van der Waals surface area contributed by atoms with Crippen molar-refractivity contribution in [3.05, 3.63) is 53.6 Å². The molecule has 0 aliphatic rings. The molecular formula is C29H42N4O6. The first-order chi connectivity index (χ1) is 18.9. The van der Waals surface area contributed by atoms with Crippen molar-refractivity contribution in [3.63, 3.8) is 0 Å². The van der Waals surface area contributed by atoms with E-state index in [1.807, 2.05) is 0 Å². The zero-order valence-corrected chi connectivity index (χ0v) is 22.7. The number of aryl methyl sites for hydroxylation is 1. The first kappa shape index (κ1) is 31.5. The Balaban J connectivity index is 1.36. The fourth-order valence-electron chi connectivity index (χ4n) is 3.73. The van der Waals surface area contributed by atoms with Gasteiger partial charge in [0.1, 0.15) is 0 Å². The van der Waals surface area contributed by atoms with E-state index in [9.17, 15) is 24.9 Å². The van der Waals surface area contributed by atoms with Crippen molar-refractivity contribution >= 4 is 17.9 Å². The Labute approximate surface area is 230 Å². The summed E-state index contributed by atoms with van der Waals surface area (Å²) in [4.78, 5) is 23.8. The highest BCUT2D eigenvalue weighted by Gasteiger charge is 2.05. The summed E-state index contributed by atoms with van der Waals surface area (Å²) in [6, 6.07) is 9.55. The number of methoxy groups -OCH3 is 1. The Hall–Kier alpha value is -3.76. The van der Waals surface area contributed by atoms with Crippen molar-refractivity contribution in [3.8, 4) is 23.0 Å². The molecule has 0 fully saturated rings. The van der Waals surface area contributed by atoms with Crippen molar-refractivity contribution in [2.24, 2.45) is 0 Å². The van der Waals surface area contributed by atoms with Crippen molar-refractivity contribution in [1.29, 1.82) is 0 Å². The standard InChI is InChI=1S/C29H42N4O6/c1-39-27-11-7-23(21-26(27)36)9-13-29(38)33-19-5-17-31-15-3-2-14-30-16-4-18-32-28(37)12-8-22-6-10-24(34)25(35)20-22/h6-7,9-11,13,20-21,30-31,34-36H,2-5,8,12,14-19H2,1H3,(H,32,37)(H,33,38)/b13-9+. The monoisotopic (exact) mass is 542 g/mol. The number of rotatable bonds is 19. The molecule has 0 aromatic heterocycles. The van der Waals surface area contributed by atoms with Gasteiger partial charge >= 0.3 is 0 Å². The van der Waals surface area contributed by atoms with Gasteiger partial charge in [-0.15, -0.1) is 0 Å². The summed E-state index contributed by atoms with van der Waals surface area (Å²) >= 11 is 0. The number of aromatic hydroxyl groups is 3. The number of unbranched alkanes of at least 4 members (excludes halogenated alkanes) is 1. The van der Waals surface area contributed by atoms with Crippen molar-refractivity contribution in [1.82, 2.24) is 21.3 Å². The van der Waals surface area contributed by atoms with Crippen molar-refractivity contribution in [2.75, 3.05) is 46.4 Å². The summed E-state index contributed by atoms with van der Waals surface area (Å²) in [6.07, 6.45) is 7.74. The molecule has 0 radical (unpaired) electrons. The topological polar surface area (TPSA) is 152 Å². The van der Waals surface area contributed by atoms with Gasteiger partial charge in [0.25, 0.3) is 0 Å². The Morgan fingerprint density at radius 3 is 2.08 bits per heavy atom. The molecule has 214 valence electrons. The lowest BCUT2D eigenvalue weighted by Crippen LogP contribution is -2.28. The number of phenolic OH excluding ortho intramolecular Hbond substituents is 3. The fourth-order valence-corrected chi connectivity index (χ4v) is 3.73. The highest BCUT2D eigenvalue weighted by molar-refractivity contribution is 5.91. The minimum absolute atomic E-state index is 0.0284. The molecule has 0 aliphatic heterocycles. The molecule has 0 heterocycles. The summed E-state index contributed by atoms with van der Waals surface area (Å²) in [6.45, 7) is 4.72. The van der Waals surface area contributed by atoms with Gasteiger partial charge in [0.15, 0.2) is 23.0 Å². The second-order valence-electron chi connectivity index (χ2n) is 9.14. The van der Waals surface area contributed by atoms with E-state index in [0.717, 1.165) is 57.4 Å². The lowest BCUT2D eigenvalue weighted by molar-refractivity contribution is -0.121. The Morgan fingerprint density at radius 2 is 1.44 bits per heavy atom. The van der Waals surface area contributed by atoms with E-state index >= 15 is 0 Å². The zero-order valence-electron chi connectivity index (χ0n) is 22.7. The van der Waals surface area contributed by atoms with Crippen LogP contribution < -0.4 is 26.0 Å². The van der Waals surface area contributed by atoms with Crippen molar-refractivity contribution < 1.29 is 29.6 Å². The van der Waals surface area contributed by atoms with Gasteiger partial charge in [-0.1, -0.05) is 12.1 Å². The normalized spacial score (nSPS) is 11.0. The van der Waals surface area contributed by atoms with Gasteiger partial charge in [-0.2, -0.15) is 0 Å². The molecule has 0 unspecified atom stereocenters. The van der Waals surface area contributed by atoms with Crippen LogP contribution in [0.2, 0.25) is 0 Å². The largest absolute Gasteiger partial charge is 0.504 e. The van der Waals surface area contributed by atoms with Gasteiger partial charge in [0.2, 0.25) is 11.8 Å². The number of hydrogen-bond acceptors (Lipinski definition) is 8. The average molecular weight is 543 g/mol. The molecule has 2 aromatic carbocycles. The molecule has 0 saturated heterocycles. The quantitative estimate of drug-likeness (QED) is 0.0812. The number of phenols is 3. The van der Waals surface area contributed by atoms with E-state index in [1.165, 1.54) is 25.3 Å². The minimum Gasteiger partial charge on any atom is -0.504 e. The lowest BCUT2D eigenvalue weighted by Gasteiger charge is -2.08. The molecule has 2 rings (SSSR count). The Kier molecular flexibility index (Phi) is 14.9. The van der Waals surface area contributed by atoms with Crippen LogP contribution in [0.5, 0.6) is 23.0 Å². The Morgan fingerprint density at radius 1 is 0.769 bits per heavy atom. The fraction of sp³-hybridized carbons (Fsp3) is 0.448. The van der Waals surface area contributed by atoms with E-state index in [4.69, 9.17) is 4.74 Å². The van der Waals surface area contributed by atoms with Crippen LogP contribution in [-0.4, -0.2) is 73.5 Å². The molecule has 0 aliphatic carbocycles. The maximum atomic E-state index is 11.9. The summed E-state index contributed by atoms with van der Waals surface area (Å²) in [5.74, 6) is -0.112. The second-order valence-corrected chi connectivity index (χ2v) is 9.14.